The van der Waals surface area contributed by atoms with E-state index in [2.05, 4.69) is 15.6 Å². The molecule has 3 N–H and O–H groups in total. The van der Waals surface area contributed by atoms with Gasteiger partial charge in [-0.15, -0.1) is 0 Å². The van der Waals surface area contributed by atoms with Crippen molar-refractivity contribution in [2.45, 2.75) is 38.2 Å². The number of benzene rings is 1. The summed E-state index contributed by atoms with van der Waals surface area (Å²) in [6.07, 6.45) is 3.28. The van der Waals surface area contributed by atoms with Crippen LogP contribution in [0.1, 0.15) is 37.7 Å². The molecule has 1 atom stereocenters. The topological polar surface area (TPSA) is 75.1 Å². The summed E-state index contributed by atoms with van der Waals surface area (Å²) >= 11 is 0. The Kier molecular flexibility index (Phi) is 10.1. The van der Waals surface area contributed by atoms with Gasteiger partial charge in [0.2, 0.25) is 0 Å². The Bertz CT molecular complexity index is 504. The summed E-state index contributed by atoms with van der Waals surface area (Å²) in [7, 11) is 0. The molecule has 146 valence electrons. The van der Waals surface area contributed by atoms with Crippen LogP contribution in [-0.4, -0.2) is 63.2 Å². The van der Waals surface area contributed by atoms with E-state index in [4.69, 9.17) is 9.47 Å². The molecule has 1 aromatic carbocycles. The van der Waals surface area contributed by atoms with E-state index in [-0.39, 0.29) is 12.5 Å². The number of aliphatic hydroxyl groups excluding tert-OH is 1. The van der Waals surface area contributed by atoms with Crippen molar-refractivity contribution in [1.29, 1.82) is 0 Å². The highest BCUT2D eigenvalue weighted by molar-refractivity contribution is 5.79. The van der Waals surface area contributed by atoms with Gasteiger partial charge in [0.1, 0.15) is 0 Å². The minimum Gasteiger partial charge on any atom is -0.396 e. The molecular formula is C20H33N3O3. The van der Waals surface area contributed by atoms with Gasteiger partial charge < -0.3 is 25.2 Å². The molecule has 1 fully saturated rings. The van der Waals surface area contributed by atoms with Gasteiger partial charge in [0.05, 0.1) is 19.3 Å². The average molecular weight is 364 g/mol. The molecule has 6 heteroatoms. The summed E-state index contributed by atoms with van der Waals surface area (Å²) in [6.45, 7) is 6.68. The summed E-state index contributed by atoms with van der Waals surface area (Å²) < 4.78 is 11.2. The normalized spacial score (nSPS) is 17.1. The summed E-state index contributed by atoms with van der Waals surface area (Å²) in [6, 6.07) is 10.0. The maximum Gasteiger partial charge on any atom is 0.191 e. The van der Waals surface area contributed by atoms with Crippen molar-refractivity contribution in [3.63, 3.8) is 0 Å². The molecule has 2 rings (SSSR count). The smallest absolute Gasteiger partial charge is 0.191 e. The zero-order chi connectivity index (χ0) is 18.5. The summed E-state index contributed by atoms with van der Waals surface area (Å²) in [5, 5.41) is 16.3. The van der Waals surface area contributed by atoms with Gasteiger partial charge in [-0.25, -0.2) is 0 Å². The molecule has 0 radical (unpaired) electrons. The Morgan fingerprint density at radius 1 is 1.27 bits per heavy atom. The lowest BCUT2D eigenvalue weighted by molar-refractivity contribution is -0.0320. The zero-order valence-electron chi connectivity index (χ0n) is 15.8. The molecule has 1 aliphatic rings. The van der Waals surface area contributed by atoms with E-state index in [0.717, 1.165) is 63.7 Å². The fourth-order valence-electron chi connectivity index (χ4n) is 2.91. The SMILES string of the molecule is CCNC(=NCC(CO)c1ccccc1)NCCCOC1CCOCC1. The van der Waals surface area contributed by atoms with E-state index in [9.17, 15) is 5.11 Å². The molecule has 0 saturated carbocycles. The second kappa shape index (κ2) is 12.7. The van der Waals surface area contributed by atoms with Crippen LogP contribution < -0.4 is 10.6 Å². The van der Waals surface area contributed by atoms with E-state index in [1.54, 1.807) is 0 Å². The maximum atomic E-state index is 9.66. The molecule has 0 aromatic heterocycles. The van der Waals surface area contributed by atoms with Gasteiger partial charge >= 0.3 is 0 Å². The first-order valence-electron chi connectivity index (χ1n) is 9.70. The highest BCUT2D eigenvalue weighted by atomic mass is 16.5. The number of nitrogens with zero attached hydrogens (tertiary/aromatic N) is 1. The molecule has 1 aliphatic heterocycles. The van der Waals surface area contributed by atoms with Crippen molar-refractivity contribution in [3.8, 4) is 0 Å². The largest absolute Gasteiger partial charge is 0.396 e. The van der Waals surface area contributed by atoms with Gasteiger partial charge in [-0.05, 0) is 31.7 Å². The van der Waals surface area contributed by atoms with Crippen LogP contribution in [0.25, 0.3) is 0 Å². The van der Waals surface area contributed by atoms with Crippen LogP contribution in [0.4, 0.5) is 0 Å². The standard InChI is InChI=1S/C20H33N3O3/c1-2-21-20(22-11-6-12-26-19-9-13-25-14-10-19)23-15-18(16-24)17-7-4-3-5-8-17/h3-5,7-8,18-19,24H,2,6,9-16H2,1H3,(H2,21,22,23). The Morgan fingerprint density at radius 2 is 2.04 bits per heavy atom. The molecule has 26 heavy (non-hydrogen) atoms. The monoisotopic (exact) mass is 363 g/mol. The van der Waals surface area contributed by atoms with Crippen LogP contribution in [0.5, 0.6) is 0 Å². The minimum atomic E-state index is 0.0171. The maximum absolute atomic E-state index is 9.66. The van der Waals surface area contributed by atoms with Crippen LogP contribution in [0.2, 0.25) is 0 Å². The van der Waals surface area contributed by atoms with Crippen LogP contribution >= 0.6 is 0 Å². The molecule has 0 spiro atoms. The lowest BCUT2D eigenvalue weighted by Gasteiger charge is -2.22. The first-order valence-corrected chi connectivity index (χ1v) is 9.70. The summed E-state index contributed by atoms with van der Waals surface area (Å²) in [5.41, 5.74) is 1.11. The molecule has 1 heterocycles. The fraction of sp³-hybridized carbons (Fsp3) is 0.650. The fourth-order valence-corrected chi connectivity index (χ4v) is 2.91. The molecular weight excluding hydrogens is 330 g/mol. The van der Waals surface area contributed by atoms with Crippen molar-refractivity contribution in [2.24, 2.45) is 4.99 Å². The van der Waals surface area contributed by atoms with Crippen molar-refractivity contribution < 1.29 is 14.6 Å². The van der Waals surface area contributed by atoms with Crippen molar-refractivity contribution in [1.82, 2.24) is 10.6 Å². The average Bonchev–Trinajstić information content (AvgIpc) is 2.69. The number of aliphatic hydroxyl groups is 1. The van der Waals surface area contributed by atoms with Crippen molar-refractivity contribution in [2.75, 3.05) is 46.1 Å². The molecule has 1 aromatic rings. The Morgan fingerprint density at radius 3 is 2.73 bits per heavy atom. The third kappa shape index (κ3) is 7.72. The van der Waals surface area contributed by atoms with E-state index in [0.29, 0.717) is 12.6 Å². The summed E-state index contributed by atoms with van der Waals surface area (Å²) in [4.78, 5) is 4.63. The van der Waals surface area contributed by atoms with E-state index >= 15 is 0 Å². The van der Waals surface area contributed by atoms with E-state index in [1.807, 2.05) is 37.3 Å². The van der Waals surface area contributed by atoms with Crippen LogP contribution in [-0.2, 0) is 9.47 Å². The number of hydrogen-bond donors (Lipinski definition) is 3. The Balaban J connectivity index is 1.71. The first kappa shape index (κ1) is 20.7. The van der Waals surface area contributed by atoms with Crippen LogP contribution in [0.3, 0.4) is 0 Å². The Hall–Kier alpha value is -1.63. The third-order valence-corrected chi connectivity index (χ3v) is 4.44. The van der Waals surface area contributed by atoms with Crippen molar-refractivity contribution in [3.05, 3.63) is 35.9 Å². The van der Waals surface area contributed by atoms with Gasteiger partial charge in [0.15, 0.2) is 5.96 Å². The van der Waals surface area contributed by atoms with Crippen molar-refractivity contribution >= 4 is 5.96 Å². The summed E-state index contributed by atoms with van der Waals surface area (Å²) in [5.74, 6) is 0.802. The lowest BCUT2D eigenvalue weighted by atomic mass is 10.0. The molecule has 0 aliphatic carbocycles. The van der Waals surface area contributed by atoms with E-state index in [1.165, 1.54) is 0 Å². The molecule has 0 bridgehead atoms. The number of ether oxygens (including phenoxy) is 2. The number of hydrogen-bond acceptors (Lipinski definition) is 4. The Labute approximate surface area is 157 Å². The highest BCUT2D eigenvalue weighted by Gasteiger charge is 2.13. The van der Waals surface area contributed by atoms with E-state index < -0.39 is 0 Å². The predicted octanol–water partition coefficient (Wildman–Crippen LogP) is 1.90. The predicted molar refractivity (Wildman–Crippen MR) is 105 cm³/mol. The molecule has 1 saturated heterocycles. The minimum absolute atomic E-state index is 0.0171. The number of guanidine groups is 1. The van der Waals surface area contributed by atoms with Crippen LogP contribution in [0, 0.1) is 0 Å². The molecule has 0 amide bonds. The van der Waals surface area contributed by atoms with Gasteiger partial charge in [-0.3, -0.25) is 4.99 Å². The van der Waals surface area contributed by atoms with Gasteiger partial charge in [0.25, 0.3) is 0 Å². The molecule has 1 unspecified atom stereocenters. The number of nitrogens with one attached hydrogen (secondary N) is 2. The third-order valence-electron chi connectivity index (χ3n) is 4.44. The van der Waals surface area contributed by atoms with Gasteiger partial charge in [0, 0.05) is 38.8 Å². The van der Waals surface area contributed by atoms with Crippen LogP contribution in [0.15, 0.2) is 35.3 Å². The molecule has 6 nitrogen and oxygen atoms in total. The quantitative estimate of drug-likeness (QED) is 0.336. The highest BCUT2D eigenvalue weighted by Crippen LogP contribution is 2.15. The zero-order valence-corrected chi connectivity index (χ0v) is 15.8. The number of aliphatic imine (C=N–C) groups is 1. The van der Waals surface area contributed by atoms with Gasteiger partial charge in [-0.1, -0.05) is 30.3 Å². The first-order chi connectivity index (χ1) is 12.8. The number of rotatable bonds is 10. The lowest BCUT2D eigenvalue weighted by Crippen LogP contribution is -2.38. The van der Waals surface area contributed by atoms with Gasteiger partial charge in [-0.2, -0.15) is 0 Å². The second-order valence-electron chi connectivity index (χ2n) is 6.47. The second-order valence-corrected chi connectivity index (χ2v) is 6.47.